The van der Waals surface area contributed by atoms with E-state index in [0.717, 1.165) is 24.8 Å². The molecule has 4 nitrogen and oxygen atoms in total. The molecule has 0 aliphatic rings. The Bertz CT molecular complexity index is 390. The normalized spacial score (nSPS) is 9.95. The Kier molecular flexibility index (Phi) is 7.32. The van der Waals surface area contributed by atoms with E-state index in [1.165, 1.54) is 0 Å². The van der Waals surface area contributed by atoms with Gasteiger partial charge in [-0.05, 0) is 12.0 Å². The van der Waals surface area contributed by atoms with Gasteiger partial charge in [-0.1, -0.05) is 50.1 Å². The summed E-state index contributed by atoms with van der Waals surface area (Å²) in [6.07, 6.45) is 3.54. The average molecular weight is 262 g/mol. The molecule has 1 aromatic carbocycles. The van der Waals surface area contributed by atoms with E-state index in [1.807, 2.05) is 30.3 Å². The highest BCUT2D eigenvalue weighted by molar-refractivity contribution is 5.85. The molecule has 0 aliphatic heterocycles. The molecule has 0 aliphatic carbocycles. The number of rotatable bonds is 8. The van der Waals surface area contributed by atoms with Crippen molar-refractivity contribution in [3.05, 3.63) is 35.9 Å². The molecule has 0 spiro atoms. The Morgan fingerprint density at radius 2 is 1.74 bits per heavy atom. The summed E-state index contributed by atoms with van der Waals surface area (Å²) in [4.78, 5) is 23.0. The summed E-state index contributed by atoms with van der Waals surface area (Å²) in [5, 5.41) is 5.40. The van der Waals surface area contributed by atoms with Crippen LogP contribution in [0.1, 0.15) is 31.7 Å². The second kappa shape index (κ2) is 9.14. The SMILES string of the molecule is CCCCCNC(=O)CNC(=O)Cc1ccccc1. The van der Waals surface area contributed by atoms with Crippen LogP contribution in [0.15, 0.2) is 30.3 Å². The average Bonchev–Trinajstić information content (AvgIpc) is 2.42. The van der Waals surface area contributed by atoms with Crippen LogP contribution in [-0.4, -0.2) is 24.9 Å². The molecule has 0 aromatic heterocycles. The van der Waals surface area contributed by atoms with E-state index in [4.69, 9.17) is 0 Å². The highest BCUT2D eigenvalue weighted by atomic mass is 16.2. The number of nitrogens with one attached hydrogen (secondary N) is 2. The quantitative estimate of drug-likeness (QED) is 0.700. The topological polar surface area (TPSA) is 58.2 Å². The van der Waals surface area contributed by atoms with Gasteiger partial charge in [0.05, 0.1) is 13.0 Å². The summed E-state index contributed by atoms with van der Waals surface area (Å²) < 4.78 is 0. The van der Waals surface area contributed by atoms with Gasteiger partial charge in [0.15, 0.2) is 0 Å². The Morgan fingerprint density at radius 3 is 2.42 bits per heavy atom. The van der Waals surface area contributed by atoms with Crippen molar-refractivity contribution in [2.45, 2.75) is 32.6 Å². The summed E-state index contributed by atoms with van der Waals surface area (Å²) in [6, 6.07) is 9.48. The van der Waals surface area contributed by atoms with Crippen LogP contribution in [0.2, 0.25) is 0 Å². The van der Waals surface area contributed by atoms with E-state index in [-0.39, 0.29) is 18.4 Å². The maximum absolute atomic E-state index is 11.6. The third-order valence-corrected chi connectivity index (χ3v) is 2.76. The standard InChI is InChI=1S/C15H22N2O2/c1-2-3-7-10-16-15(19)12-17-14(18)11-13-8-5-4-6-9-13/h4-6,8-9H,2-3,7,10-12H2,1H3,(H,16,19)(H,17,18). The monoisotopic (exact) mass is 262 g/mol. The van der Waals surface area contributed by atoms with Gasteiger partial charge in [-0.15, -0.1) is 0 Å². The van der Waals surface area contributed by atoms with E-state index in [2.05, 4.69) is 17.6 Å². The number of carbonyl (C=O) groups is 2. The molecule has 19 heavy (non-hydrogen) atoms. The summed E-state index contributed by atoms with van der Waals surface area (Å²) >= 11 is 0. The van der Waals surface area contributed by atoms with Gasteiger partial charge in [0.2, 0.25) is 11.8 Å². The summed E-state index contributed by atoms with van der Waals surface area (Å²) in [7, 11) is 0. The third-order valence-electron chi connectivity index (χ3n) is 2.76. The first-order valence-electron chi connectivity index (χ1n) is 6.79. The van der Waals surface area contributed by atoms with Gasteiger partial charge in [-0.25, -0.2) is 0 Å². The predicted molar refractivity (Wildman–Crippen MR) is 75.7 cm³/mol. The van der Waals surface area contributed by atoms with Gasteiger partial charge in [0, 0.05) is 6.54 Å². The molecule has 4 heteroatoms. The number of carbonyl (C=O) groups excluding carboxylic acids is 2. The largest absolute Gasteiger partial charge is 0.355 e. The van der Waals surface area contributed by atoms with Crippen molar-refractivity contribution in [3.8, 4) is 0 Å². The van der Waals surface area contributed by atoms with Gasteiger partial charge in [-0.3, -0.25) is 9.59 Å². The molecule has 0 unspecified atom stereocenters. The fraction of sp³-hybridized carbons (Fsp3) is 0.467. The highest BCUT2D eigenvalue weighted by Gasteiger charge is 2.05. The molecule has 0 radical (unpaired) electrons. The summed E-state index contributed by atoms with van der Waals surface area (Å²) in [5.41, 5.74) is 0.948. The lowest BCUT2D eigenvalue weighted by Gasteiger charge is -2.06. The first-order chi connectivity index (χ1) is 9.22. The Labute approximate surface area is 114 Å². The van der Waals surface area contributed by atoms with E-state index in [1.54, 1.807) is 0 Å². The Balaban J connectivity index is 2.14. The number of benzene rings is 1. The molecule has 0 fully saturated rings. The van der Waals surface area contributed by atoms with Crippen molar-refractivity contribution in [2.75, 3.05) is 13.1 Å². The maximum atomic E-state index is 11.6. The zero-order valence-electron chi connectivity index (χ0n) is 11.4. The Morgan fingerprint density at radius 1 is 1.00 bits per heavy atom. The van der Waals surface area contributed by atoms with Crippen molar-refractivity contribution in [1.82, 2.24) is 10.6 Å². The first-order valence-corrected chi connectivity index (χ1v) is 6.79. The van der Waals surface area contributed by atoms with Crippen LogP contribution in [0, 0.1) is 0 Å². The minimum absolute atomic E-state index is 0.0534. The van der Waals surface area contributed by atoms with Crippen molar-refractivity contribution < 1.29 is 9.59 Å². The smallest absolute Gasteiger partial charge is 0.239 e. The molecule has 2 N–H and O–H groups in total. The maximum Gasteiger partial charge on any atom is 0.239 e. The molecule has 0 atom stereocenters. The molecule has 0 heterocycles. The summed E-state index contributed by atoms with van der Waals surface area (Å²) in [5.74, 6) is -0.257. The van der Waals surface area contributed by atoms with E-state index >= 15 is 0 Å². The zero-order valence-corrected chi connectivity index (χ0v) is 11.4. The minimum Gasteiger partial charge on any atom is -0.355 e. The number of amides is 2. The van der Waals surface area contributed by atoms with Gasteiger partial charge in [0.1, 0.15) is 0 Å². The molecule has 104 valence electrons. The highest BCUT2D eigenvalue weighted by Crippen LogP contribution is 1.98. The van der Waals surface area contributed by atoms with Crippen LogP contribution in [-0.2, 0) is 16.0 Å². The lowest BCUT2D eigenvalue weighted by atomic mass is 10.1. The molecule has 0 bridgehead atoms. The zero-order chi connectivity index (χ0) is 13.9. The van der Waals surface area contributed by atoms with Crippen molar-refractivity contribution in [3.63, 3.8) is 0 Å². The number of hydrogen-bond acceptors (Lipinski definition) is 2. The van der Waals surface area contributed by atoms with E-state index in [0.29, 0.717) is 13.0 Å². The van der Waals surface area contributed by atoms with Gasteiger partial charge < -0.3 is 10.6 Å². The van der Waals surface area contributed by atoms with Crippen LogP contribution < -0.4 is 10.6 Å². The molecular formula is C15H22N2O2. The van der Waals surface area contributed by atoms with E-state index < -0.39 is 0 Å². The van der Waals surface area contributed by atoms with Crippen LogP contribution >= 0.6 is 0 Å². The van der Waals surface area contributed by atoms with Crippen molar-refractivity contribution in [2.24, 2.45) is 0 Å². The molecular weight excluding hydrogens is 240 g/mol. The van der Waals surface area contributed by atoms with Crippen LogP contribution in [0.5, 0.6) is 0 Å². The Hall–Kier alpha value is -1.84. The summed E-state index contributed by atoms with van der Waals surface area (Å²) in [6.45, 7) is 2.85. The minimum atomic E-state index is -0.130. The van der Waals surface area contributed by atoms with Gasteiger partial charge >= 0.3 is 0 Å². The fourth-order valence-electron chi connectivity index (χ4n) is 1.69. The van der Waals surface area contributed by atoms with E-state index in [9.17, 15) is 9.59 Å². The lowest BCUT2D eigenvalue weighted by Crippen LogP contribution is -2.37. The number of unbranched alkanes of at least 4 members (excludes halogenated alkanes) is 2. The lowest BCUT2D eigenvalue weighted by molar-refractivity contribution is -0.125. The van der Waals surface area contributed by atoms with Crippen molar-refractivity contribution in [1.29, 1.82) is 0 Å². The third kappa shape index (κ3) is 7.24. The number of hydrogen-bond donors (Lipinski definition) is 2. The van der Waals surface area contributed by atoms with Crippen LogP contribution in [0.25, 0.3) is 0 Å². The van der Waals surface area contributed by atoms with Crippen LogP contribution in [0.3, 0.4) is 0 Å². The molecule has 1 aromatic rings. The fourth-order valence-corrected chi connectivity index (χ4v) is 1.69. The van der Waals surface area contributed by atoms with Gasteiger partial charge in [-0.2, -0.15) is 0 Å². The molecule has 0 saturated carbocycles. The molecule has 2 amide bonds. The van der Waals surface area contributed by atoms with Crippen molar-refractivity contribution >= 4 is 11.8 Å². The first kappa shape index (κ1) is 15.2. The molecule has 0 saturated heterocycles. The second-order valence-corrected chi connectivity index (χ2v) is 4.50. The molecule has 1 rings (SSSR count). The predicted octanol–water partition coefficient (Wildman–Crippen LogP) is 1.65. The van der Waals surface area contributed by atoms with Gasteiger partial charge in [0.25, 0.3) is 0 Å². The second-order valence-electron chi connectivity index (χ2n) is 4.50. The van der Waals surface area contributed by atoms with Crippen LogP contribution in [0.4, 0.5) is 0 Å².